The highest BCUT2D eigenvalue weighted by Crippen LogP contribution is 2.34. The third-order valence-corrected chi connectivity index (χ3v) is 3.67. The minimum atomic E-state index is -0.447. The van der Waals surface area contributed by atoms with Crippen LogP contribution in [-0.4, -0.2) is 38.2 Å². The number of rotatable bonds is 3. The number of nitrogens with zero attached hydrogens (tertiary/aromatic N) is 1. The Bertz CT molecular complexity index is 450. The maximum Gasteiger partial charge on any atom is 0.411 e. The standard InChI is InChI=1S/C14H21N3O2/c1-17-9-10(8-15)6-13(17)11-4-3-5-12(7-11)16-14(18)19-2/h3-5,7,10,13H,6,8-9,15H2,1-2H3,(H,16,18). The highest BCUT2D eigenvalue weighted by Gasteiger charge is 2.29. The monoisotopic (exact) mass is 263 g/mol. The number of amides is 1. The molecule has 1 fully saturated rings. The minimum absolute atomic E-state index is 0.368. The molecule has 0 aromatic heterocycles. The van der Waals surface area contributed by atoms with E-state index in [0.717, 1.165) is 25.2 Å². The molecule has 19 heavy (non-hydrogen) atoms. The summed E-state index contributed by atoms with van der Waals surface area (Å²) in [4.78, 5) is 13.5. The van der Waals surface area contributed by atoms with Gasteiger partial charge in [0.05, 0.1) is 7.11 Å². The Kier molecular flexibility index (Phi) is 4.39. The van der Waals surface area contributed by atoms with Gasteiger partial charge in [0.1, 0.15) is 0 Å². The van der Waals surface area contributed by atoms with Crippen molar-refractivity contribution in [3.63, 3.8) is 0 Å². The molecule has 1 heterocycles. The summed E-state index contributed by atoms with van der Waals surface area (Å²) in [5, 5.41) is 2.69. The number of methoxy groups -OCH3 is 1. The van der Waals surface area contributed by atoms with Crippen LogP contribution in [0.5, 0.6) is 0 Å². The van der Waals surface area contributed by atoms with E-state index in [-0.39, 0.29) is 0 Å². The summed E-state index contributed by atoms with van der Waals surface area (Å²) in [6, 6.07) is 8.26. The average molecular weight is 263 g/mol. The number of carbonyl (C=O) groups is 1. The largest absolute Gasteiger partial charge is 0.453 e. The zero-order chi connectivity index (χ0) is 13.8. The Labute approximate surface area is 113 Å². The Morgan fingerprint density at radius 1 is 1.58 bits per heavy atom. The molecule has 1 amide bonds. The third-order valence-electron chi connectivity index (χ3n) is 3.67. The van der Waals surface area contributed by atoms with Crippen molar-refractivity contribution in [1.29, 1.82) is 0 Å². The first kappa shape index (κ1) is 13.8. The van der Waals surface area contributed by atoms with Crippen molar-refractivity contribution in [2.45, 2.75) is 12.5 Å². The molecule has 2 unspecified atom stereocenters. The second-order valence-electron chi connectivity index (χ2n) is 5.03. The van der Waals surface area contributed by atoms with Crippen molar-refractivity contribution in [2.75, 3.05) is 32.6 Å². The van der Waals surface area contributed by atoms with Gasteiger partial charge in [0.15, 0.2) is 0 Å². The summed E-state index contributed by atoms with van der Waals surface area (Å²) in [5.74, 6) is 0.548. The van der Waals surface area contributed by atoms with Crippen molar-refractivity contribution in [3.05, 3.63) is 29.8 Å². The van der Waals surface area contributed by atoms with Gasteiger partial charge in [0.2, 0.25) is 0 Å². The first-order valence-electron chi connectivity index (χ1n) is 6.49. The van der Waals surface area contributed by atoms with Crippen LogP contribution in [0.2, 0.25) is 0 Å². The summed E-state index contributed by atoms with van der Waals surface area (Å²) in [7, 11) is 3.47. The minimum Gasteiger partial charge on any atom is -0.453 e. The quantitative estimate of drug-likeness (QED) is 0.873. The van der Waals surface area contributed by atoms with Crippen LogP contribution < -0.4 is 11.1 Å². The van der Waals surface area contributed by atoms with Gasteiger partial charge in [-0.15, -0.1) is 0 Å². The SMILES string of the molecule is COC(=O)Nc1cccc(C2CC(CN)CN2C)c1. The molecule has 0 radical (unpaired) electrons. The third kappa shape index (κ3) is 3.24. The number of benzene rings is 1. The lowest BCUT2D eigenvalue weighted by Crippen LogP contribution is -2.20. The molecule has 5 nitrogen and oxygen atoms in total. The van der Waals surface area contributed by atoms with Crippen molar-refractivity contribution in [1.82, 2.24) is 4.90 Å². The van der Waals surface area contributed by atoms with E-state index in [1.807, 2.05) is 18.2 Å². The number of likely N-dealkylation sites (tertiary alicyclic amines) is 1. The zero-order valence-corrected chi connectivity index (χ0v) is 11.4. The molecule has 1 aliphatic heterocycles. The fraction of sp³-hybridized carbons (Fsp3) is 0.500. The number of anilines is 1. The Hall–Kier alpha value is -1.59. The predicted octanol–water partition coefficient (Wildman–Crippen LogP) is 1.82. The number of nitrogens with one attached hydrogen (secondary N) is 1. The molecular weight excluding hydrogens is 242 g/mol. The van der Waals surface area contributed by atoms with Gasteiger partial charge < -0.3 is 10.5 Å². The van der Waals surface area contributed by atoms with E-state index in [1.165, 1.54) is 12.7 Å². The summed E-state index contributed by atoms with van der Waals surface area (Å²) >= 11 is 0. The zero-order valence-electron chi connectivity index (χ0n) is 11.4. The van der Waals surface area contributed by atoms with Gasteiger partial charge in [-0.2, -0.15) is 0 Å². The summed E-state index contributed by atoms with van der Waals surface area (Å²) < 4.78 is 4.60. The van der Waals surface area contributed by atoms with Gasteiger partial charge in [-0.1, -0.05) is 12.1 Å². The molecule has 0 aliphatic carbocycles. The van der Waals surface area contributed by atoms with Crippen LogP contribution in [0.25, 0.3) is 0 Å². The lowest BCUT2D eigenvalue weighted by atomic mass is 9.99. The first-order valence-corrected chi connectivity index (χ1v) is 6.49. The van der Waals surface area contributed by atoms with E-state index >= 15 is 0 Å². The molecule has 3 N–H and O–H groups in total. The summed E-state index contributed by atoms with van der Waals surface area (Å²) in [6.07, 6.45) is 0.617. The van der Waals surface area contributed by atoms with E-state index in [0.29, 0.717) is 12.0 Å². The molecule has 2 rings (SSSR count). The molecule has 1 saturated heterocycles. The van der Waals surface area contributed by atoms with Gasteiger partial charge >= 0.3 is 6.09 Å². The molecule has 0 saturated carbocycles. The van der Waals surface area contributed by atoms with Gasteiger partial charge in [-0.25, -0.2) is 4.79 Å². The molecule has 2 atom stereocenters. The van der Waals surface area contributed by atoms with Crippen LogP contribution in [0.15, 0.2) is 24.3 Å². The Morgan fingerprint density at radius 3 is 3.00 bits per heavy atom. The first-order chi connectivity index (χ1) is 9.13. The number of carbonyl (C=O) groups excluding carboxylic acids is 1. The van der Waals surface area contributed by atoms with Gasteiger partial charge in [0, 0.05) is 18.3 Å². The van der Waals surface area contributed by atoms with Gasteiger partial charge in [-0.05, 0) is 43.6 Å². The van der Waals surface area contributed by atoms with Crippen molar-refractivity contribution in [2.24, 2.45) is 11.7 Å². The molecule has 1 aromatic carbocycles. The smallest absolute Gasteiger partial charge is 0.411 e. The van der Waals surface area contributed by atoms with Gasteiger partial charge in [0.25, 0.3) is 0 Å². The number of nitrogens with two attached hydrogens (primary N) is 1. The van der Waals surface area contributed by atoms with E-state index in [9.17, 15) is 4.79 Å². The van der Waals surface area contributed by atoms with Crippen molar-refractivity contribution >= 4 is 11.8 Å². The van der Waals surface area contributed by atoms with Crippen LogP contribution in [-0.2, 0) is 4.74 Å². The van der Waals surface area contributed by atoms with Crippen LogP contribution >= 0.6 is 0 Å². The summed E-state index contributed by atoms with van der Waals surface area (Å²) in [5.41, 5.74) is 7.71. The predicted molar refractivity (Wildman–Crippen MR) is 75.0 cm³/mol. The topological polar surface area (TPSA) is 67.6 Å². The highest BCUT2D eigenvalue weighted by atomic mass is 16.5. The maximum atomic E-state index is 11.2. The summed E-state index contributed by atoms with van der Waals surface area (Å²) in [6.45, 7) is 1.75. The van der Waals surface area contributed by atoms with Crippen molar-refractivity contribution in [3.8, 4) is 0 Å². The second-order valence-corrected chi connectivity index (χ2v) is 5.03. The molecule has 0 bridgehead atoms. The normalized spacial score (nSPS) is 23.3. The Balaban J connectivity index is 2.12. The van der Waals surface area contributed by atoms with E-state index < -0.39 is 6.09 Å². The van der Waals surface area contributed by atoms with E-state index in [1.54, 1.807) is 0 Å². The van der Waals surface area contributed by atoms with E-state index in [2.05, 4.69) is 28.1 Å². The highest BCUT2D eigenvalue weighted by molar-refractivity contribution is 5.84. The fourth-order valence-electron chi connectivity index (χ4n) is 2.66. The Morgan fingerprint density at radius 2 is 2.37 bits per heavy atom. The number of ether oxygens (including phenoxy) is 1. The van der Waals surface area contributed by atoms with Gasteiger partial charge in [-0.3, -0.25) is 10.2 Å². The molecular formula is C14H21N3O2. The fourth-order valence-corrected chi connectivity index (χ4v) is 2.66. The molecule has 0 spiro atoms. The molecule has 5 heteroatoms. The second kappa shape index (κ2) is 6.04. The maximum absolute atomic E-state index is 11.2. The molecule has 1 aromatic rings. The molecule has 104 valence electrons. The average Bonchev–Trinajstić information content (AvgIpc) is 2.80. The van der Waals surface area contributed by atoms with Crippen LogP contribution in [0, 0.1) is 5.92 Å². The molecule has 1 aliphatic rings. The lowest BCUT2D eigenvalue weighted by Gasteiger charge is -2.20. The van der Waals surface area contributed by atoms with Crippen molar-refractivity contribution < 1.29 is 9.53 Å². The number of hydrogen-bond acceptors (Lipinski definition) is 4. The van der Waals surface area contributed by atoms with Crippen LogP contribution in [0.4, 0.5) is 10.5 Å². The van der Waals surface area contributed by atoms with Crippen LogP contribution in [0.1, 0.15) is 18.0 Å². The van der Waals surface area contributed by atoms with Crippen LogP contribution in [0.3, 0.4) is 0 Å². The lowest BCUT2D eigenvalue weighted by molar-refractivity contribution is 0.187. The number of hydrogen-bond donors (Lipinski definition) is 2. The van der Waals surface area contributed by atoms with E-state index in [4.69, 9.17) is 5.73 Å².